The highest BCUT2D eigenvalue weighted by atomic mass is 16.5. The number of hydrogen-bond acceptors (Lipinski definition) is 4. The number of hydrogen-bond donors (Lipinski definition) is 1. The van der Waals surface area contributed by atoms with Crippen molar-refractivity contribution in [3.8, 4) is 5.75 Å². The molecule has 5 nitrogen and oxygen atoms in total. The fourth-order valence-electron chi connectivity index (χ4n) is 2.97. The first-order chi connectivity index (χ1) is 12.1. The molecule has 0 aliphatic carbocycles. The topological polar surface area (TPSA) is 50.8 Å². The summed E-state index contributed by atoms with van der Waals surface area (Å²) in [5.41, 5.74) is 2.80. The average molecular weight is 340 g/mol. The van der Waals surface area contributed by atoms with Crippen molar-refractivity contribution >= 4 is 11.6 Å². The predicted octanol–water partition coefficient (Wildman–Crippen LogP) is 2.88. The van der Waals surface area contributed by atoms with Crippen LogP contribution in [-0.4, -0.2) is 44.7 Å². The average Bonchev–Trinajstić information content (AvgIpc) is 2.62. The Balaban J connectivity index is 1.64. The molecule has 1 fully saturated rings. The van der Waals surface area contributed by atoms with Crippen molar-refractivity contribution in [3.05, 3.63) is 59.7 Å². The molecule has 0 bridgehead atoms. The summed E-state index contributed by atoms with van der Waals surface area (Å²) in [6.07, 6.45) is 0.360. The minimum Gasteiger partial charge on any atom is -0.497 e. The summed E-state index contributed by atoms with van der Waals surface area (Å²) in [5, 5.41) is 2.97. The quantitative estimate of drug-likeness (QED) is 0.909. The molecule has 3 rings (SSSR count). The number of nitrogens with zero attached hydrogens (tertiary/aromatic N) is 1. The lowest BCUT2D eigenvalue weighted by atomic mass is 10.1. The van der Waals surface area contributed by atoms with E-state index >= 15 is 0 Å². The first kappa shape index (κ1) is 17.5. The molecule has 1 aliphatic heterocycles. The summed E-state index contributed by atoms with van der Waals surface area (Å²) >= 11 is 0. The van der Waals surface area contributed by atoms with Crippen molar-refractivity contribution in [2.45, 2.75) is 12.5 Å². The van der Waals surface area contributed by atoms with E-state index in [1.165, 1.54) is 0 Å². The Labute approximate surface area is 148 Å². The third-order valence-corrected chi connectivity index (χ3v) is 4.31. The van der Waals surface area contributed by atoms with Crippen LogP contribution in [0.1, 0.15) is 17.2 Å². The number of morpholine rings is 1. The van der Waals surface area contributed by atoms with Gasteiger partial charge < -0.3 is 19.7 Å². The Morgan fingerprint density at radius 2 is 2.12 bits per heavy atom. The Morgan fingerprint density at radius 1 is 1.28 bits per heavy atom. The molecule has 2 aromatic rings. The largest absolute Gasteiger partial charge is 0.497 e. The van der Waals surface area contributed by atoms with E-state index in [4.69, 9.17) is 9.47 Å². The molecule has 0 radical (unpaired) electrons. The van der Waals surface area contributed by atoms with Crippen molar-refractivity contribution in [1.29, 1.82) is 0 Å². The lowest BCUT2D eigenvalue weighted by Gasteiger charge is -2.30. The van der Waals surface area contributed by atoms with E-state index in [1.807, 2.05) is 48.5 Å². The highest BCUT2D eigenvalue weighted by molar-refractivity contribution is 5.92. The summed E-state index contributed by atoms with van der Waals surface area (Å²) in [6, 6.07) is 15.4. The van der Waals surface area contributed by atoms with Crippen LogP contribution in [-0.2, 0) is 16.0 Å². The van der Waals surface area contributed by atoms with Gasteiger partial charge in [-0.1, -0.05) is 24.3 Å². The molecule has 132 valence electrons. The fourth-order valence-corrected chi connectivity index (χ4v) is 2.97. The van der Waals surface area contributed by atoms with Crippen LogP contribution in [0.15, 0.2) is 48.5 Å². The summed E-state index contributed by atoms with van der Waals surface area (Å²) in [6.45, 7) is 2.54. The van der Waals surface area contributed by atoms with Gasteiger partial charge in [-0.2, -0.15) is 0 Å². The second kappa shape index (κ2) is 8.14. The molecule has 1 unspecified atom stereocenters. The zero-order valence-corrected chi connectivity index (χ0v) is 14.7. The molecule has 1 aliphatic rings. The minimum absolute atomic E-state index is 0.0490. The summed E-state index contributed by atoms with van der Waals surface area (Å²) in [7, 11) is 3.71. The molecular weight excluding hydrogens is 316 g/mol. The maximum Gasteiger partial charge on any atom is 0.228 e. The Kier molecular flexibility index (Phi) is 5.68. The molecule has 0 aromatic heterocycles. The van der Waals surface area contributed by atoms with Crippen molar-refractivity contribution in [2.75, 3.05) is 39.2 Å². The molecule has 25 heavy (non-hydrogen) atoms. The van der Waals surface area contributed by atoms with Gasteiger partial charge in [0.05, 0.1) is 26.2 Å². The molecule has 1 amide bonds. The zero-order valence-electron chi connectivity index (χ0n) is 14.7. The molecule has 5 heteroatoms. The van der Waals surface area contributed by atoms with Gasteiger partial charge in [0.1, 0.15) is 5.75 Å². The molecule has 0 spiro atoms. The van der Waals surface area contributed by atoms with Crippen LogP contribution in [0.4, 0.5) is 5.69 Å². The number of carbonyl (C=O) groups excluding carboxylic acids is 1. The van der Waals surface area contributed by atoms with Gasteiger partial charge in [-0.05, 0) is 42.4 Å². The third kappa shape index (κ3) is 4.81. The Bertz CT molecular complexity index is 732. The van der Waals surface area contributed by atoms with E-state index in [1.54, 1.807) is 7.11 Å². The van der Waals surface area contributed by atoms with Crippen molar-refractivity contribution < 1.29 is 14.3 Å². The van der Waals surface area contributed by atoms with Crippen LogP contribution < -0.4 is 10.1 Å². The van der Waals surface area contributed by atoms with Crippen LogP contribution in [0.3, 0.4) is 0 Å². The summed E-state index contributed by atoms with van der Waals surface area (Å²) in [4.78, 5) is 14.6. The van der Waals surface area contributed by atoms with E-state index in [2.05, 4.69) is 17.3 Å². The number of methoxy groups -OCH3 is 1. The second-order valence-electron chi connectivity index (χ2n) is 6.32. The number of benzene rings is 2. The van der Waals surface area contributed by atoms with Crippen LogP contribution in [0, 0.1) is 0 Å². The fraction of sp³-hybridized carbons (Fsp3) is 0.350. The van der Waals surface area contributed by atoms with Crippen LogP contribution in [0.5, 0.6) is 5.75 Å². The van der Waals surface area contributed by atoms with Gasteiger partial charge in [-0.3, -0.25) is 4.79 Å². The zero-order chi connectivity index (χ0) is 17.6. The monoisotopic (exact) mass is 340 g/mol. The highest BCUT2D eigenvalue weighted by Gasteiger charge is 2.19. The number of nitrogens with one attached hydrogen (secondary N) is 1. The van der Waals surface area contributed by atoms with Crippen LogP contribution in [0.2, 0.25) is 0 Å². The first-order valence-electron chi connectivity index (χ1n) is 8.47. The summed E-state index contributed by atoms with van der Waals surface area (Å²) < 4.78 is 11.0. The lowest BCUT2D eigenvalue weighted by molar-refractivity contribution is -0.115. The number of rotatable bonds is 5. The van der Waals surface area contributed by atoms with Crippen molar-refractivity contribution in [3.63, 3.8) is 0 Å². The number of anilines is 1. The maximum atomic E-state index is 12.3. The van der Waals surface area contributed by atoms with Crippen LogP contribution in [0.25, 0.3) is 0 Å². The molecule has 2 aromatic carbocycles. The van der Waals surface area contributed by atoms with Gasteiger partial charge in [0.25, 0.3) is 0 Å². The SMILES string of the molecule is COc1cccc(CC(=O)Nc2cccc(C3CN(C)CCO3)c2)c1. The molecule has 1 N–H and O–H groups in total. The van der Waals surface area contributed by atoms with Gasteiger partial charge >= 0.3 is 0 Å². The number of carbonyl (C=O) groups is 1. The normalized spacial score (nSPS) is 17.9. The first-order valence-corrected chi connectivity index (χ1v) is 8.47. The number of amides is 1. The van der Waals surface area contributed by atoms with E-state index in [0.717, 1.165) is 42.3 Å². The van der Waals surface area contributed by atoms with Crippen molar-refractivity contribution in [2.24, 2.45) is 0 Å². The van der Waals surface area contributed by atoms with Gasteiger partial charge in [0, 0.05) is 18.8 Å². The van der Waals surface area contributed by atoms with Gasteiger partial charge in [0.15, 0.2) is 0 Å². The smallest absolute Gasteiger partial charge is 0.228 e. The molecule has 0 saturated carbocycles. The van der Waals surface area contributed by atoms with Gasteiger partial charge in [-0.15, -0.1) is 0 Å². The molecule has 1 heterocycles. The van der Waals surface area contributed by atoms with Gasteiger partial charge in [0.2, 0.25) is 5.91 Å². The minimum atomic E-state index is -0.0490. The van der Waals surface area contributed by atoms with E-state index in [9.17, 15) is 4.79 Å². The van der Waals surface area contributed by atoms with Crippen LogP contribution >= 0.6 is 0 Å². The molecular formula is C20H24N2O3. The Hall–Kier alpha value is -2.37. The molecule has 1 saturated heterocycles. The summed E-state index contributed by atoms with van der Waals surface area (Å²) in [5.74, 6) is 0.706. The standard InChI is InChI=1S/C20H24N2O3/c1-22-9-10-25-19(14-22)16-6-4-7-17(13-16)21-20(23)12-15-5-3-8-18(11-15)24-2/h3-8,11,13,19H,9-10,12,14H2,1-2H3,(H,21,23). The third-order valence-electron chi connectivity index (χ3n) is 4.31. The van der Waals surface area contributed by atoms with Gasteiger partial charge in [-0.25, -0.2) is 0 Å². The van der Waals surface area contributed by atoms with E-state index in [-0.39, 0.29) is 12.0 Å². The number of ether oxygens (including phenoxy) is 2. The van der Waals surface area contributed by atoms with E-state index in [0.29, 0.717) is 6.42 Å². The maximum absolute atomic E-state index is 12.3. The highest BCUT2D eigenvalue weighted by Crippen LogP contribution is 2.24. The Morgan fingerprint density at radius 3 is 2.92 bits per heavy atom. The predicted molar refractivity (Wildman–Crippen MR) is 98.0 cm³/mol. The molecule has 1 atom stereocenters. The van der Waals surface area contributed by atoms with E-state index < -0.39 is 0 Å². The second-order valence-corrected chi connectivity index (χ2v) is 6.32. The number of likely N-dealkylation sites (N-methyl/N-ethyl adjacent to an activating group) is 1. The lowest BCUT2D eigenvalue weighted by Crippen LogP contribution is -2.35. The van der Waals surface area contributed by atoms with Crippen molar-refractivity contribution in [1.82, 2.24) is 4.90 Å².